The van der Waals surface area contributed by atoms with Crippen LogP contribution in [0.4, 0.5) is 0 Å². The fourth-order valence-electron chi connectivity index (χ4n) is 3.17. The van der Waals surface area contributed by atoms with Crippen LogP contribution >= 0.6 is 0 Å². The SMILES string of the molecule is CCCCCCOc1ccc(/C=N\NC(=O)COc2ccccc2-c2ccccc2)cc1. The molecule has 0 spiro atoms. The molecule has 5 nitrogen and oxygen atoms in total. The topological polar surface area (TPSA) is 59.9 Å². The summed E-state index contributed by atoms with van der Waals surface area (Å²) in [5, 5.41) is 4.01. The Labute approximate surface area is 190 Å². The fraction of sp³-hybridized carbons (Fsp3) is 0.259. The summed E-state index contributed by atoms with van der Waals surface area (Å²) in [6, 6.07) is 25.2. The maximum absolute atomic E-state index is 12.1. The van der Waals surface area contributed by atoms with Crippen LogP contribution in [0.15, 0.2) is 84.0 Å². The average molecular weight is 431 g/mol. The molecule has 0 aliphatic rings. The molecule has 0 fully saturated rings. The Hall–Kier alpha value is -3.60. The summed E-state index contributed by atoms with van der Waals surface area (Å²) in [6.07, 6.45) is 6.33. The number of amides is 1. The van der Waals surface area contributed by atoms with E-state index in [1.165, 1.54) is 19.3 Å². The Kier molecular flexibility index (Phi) is 9.34. The largest absolute Gasteiger partial charge is 0.494 e. The first-order valence-corrected chi connectivity index (χ1v) is 11.1. The Morgan fingerprint density at radius 1 is 0.875 bits per heavy atom. The number of carbonyl (C=O) groups is 1. The van der Waals surface area contributed by atoms with Crippen LogP contribution in [-0.2, 0) is 4.79 Å². The minimum atomic E-state index is -0.323. The minimum Gasteiger partial charge on any atom is -0.494 e. The van der Waals surface area contributed by atoms with Gasteiger partial charge in [0.1, 0.15) is 11.5 Å². The predicted molar refractivity (Wildman–Crippen MR) is 129 cm³/mol. The number of rotatable bonds is 12. The highest BCUT2D eigenvalue weighted by Crippen LogP contribution is 2.29. The van der Waals surface area contributed by atoms with Crippen LogP contribution in [0.1, 0.15) is 38.2 Å². The molecule has 32 heavy (non-hydrogen) atoms. The van der Waals surface area contributed by atoms with Gasteiger partial charge < -0.3 is 9.47 Å². The molecule has 5 heteroatoms. The summed E-state index contributed by atoms with van der Waals surface area (Å²) in [5.74, 6) is 1.17. The lowest BCUT2D eigenvalue weighted by Crippen LogP contribution is -2.24. The highest BCUT2D eigenvalue weighted by molar-refractivity contribution is 5.83. The monoisotopic (exact) mass is 430 g/mol. The van der Waals surface area contributed by atoms with Gasteiger partial charge in [0.2, 0.25) is 0 Å². The smallest absolute Gasteiger partial charge is 0.277 e. The number of nitrogens with one attached hydrogen (secondary N) is 1. The van der Waals surface area contributed by atoms with E-state index >= 15 is 0 Å². The third kappa shape index (κ3) is 7.58. The molecule has 3 aromatic rings. The Bertz CT molecular complexity index is 985. The van der Waals surface area contributed by atoms with E-state index in [0.717, 1.165) is 35.5 Å². The lowest BCUT2D eigenvalue weighted by atomic mass is 10.1. The van der Waals surface area contributed by atoms with Crippen LogP contribution in [0.3, 0.4) is 0 Å². The molecule has 1 amide bonds. The van der Waals surface area contributed by atoms with Gasteiger partial charge in [0, 0.05) is 5.56 Å². The molecule has 0 bridgehead atoms. The predicted octanol–water partition coefficient (Wildman–Crippen LogP) is 5.84. The van der Waals surface area contributed by atoms with Crippen molar-refractivity contribution in [3.05, 3.63) is 84.4 Å². The van der Waals surface area contributed by atoms with Crippen LogP contribution in [-0.4, -0.2) is 25.3 Å². The third-order valence-corrected chi connectivity index (χ3v) is 4.88. The average Bonchev–Trinajstić information content (AvgIpc) is 2.84. The van der Waals surface area contributed by atoms with Gasteiger partial charge in [0.15, 0.2) is 6.61 Å². The molecule has 0 unspecified atom stereocenters. The van der Waals surface area contributed by atoms with E-state index in [-0.39, 0.29) is 12.5 Å². The van der Waals surface area contributed by atoms with E-state index < -0.39 is 0 Å². The molecule has 1 N–H and O–H groups in total. The molecule has 3 aromatic carbocycles. The second kappa shape index (κ2) is 13.0. The molecule has 0 aliphatic heterocycles. The van der Waals surface area contributed by atoms with Crippen molar-refractivity contribution in [2.24, 2.45) is 5.10 Å². The zero-order valence-corrected chi connectivity index (χ0v) is 18.5. The minimum absolute atomic E-state index is 0.119. The zero-order chi connectivity index (χ0) is 22.4. The lowest BCUT2D eigenvalue weighted by molar-refractivity contribution is -0.123. The molecule has 0 saturated heterocycles. The number of para-hydroxylation sites is 1. The van der Waals surface area contributed by atoms with Crippen molar-refractivity contribution in [1.82, 2.24) is 5.43 Å². The maximum Gasteiger partial charge on any atom is 0.277 e. The van der Waals surface area contributed by atoms with Gasteiger partial charge >= 0.3 is 0 Å². The van der Waals surface area contributed by atoms with E-state index in [1.807, 2.05) is 78.9 Å². The van der Waals surface area contributed by atoms with Crippen LogP contribution in [0.2, 0.25) is 0 Å². The number of hydrogen-bond acceptors (Lipinski definition) is 4. The molecule has 3 rings (SSSR count). The number of hydrazone groups is 1. The van der Waals surface area contributed by atoms with Crippen LogP contribution in [0, 0.1) is 0 Å². The van der Waals surface area contributed by atoms with Crippen LogP contribution < -0.4 is 14.9 Å². The van der Waals surface area contributed by atoms with E-state index in [2.05, 4.69) is 17.5 Å². The lowest BCUT2D eigenvalue weighted by Gasteiger charge is -2.10. The number of hydrogen-bond donors (Lipinski definition) is 1. The molecule has 166 valence electrons. The normalized spacial score (nSPS) is 10.8. The summed E-state index contributed by atoms with van der Waals surface area (Å²) in [4.78, 5) is 12.1. The van der Waals surface area contributed by atoms with Gasteiger partial charge in [0.05, 0.1) is 12.8 Å². The molecule has 0 heterocycles. The highest BCUT2D eigenvalue weighted by Gasteiger charge is 2.07. The van der Waals surface area contributed by atoms with Crippen molar-refractivity contribution >= 4 is 12.1 Å². The zero-order valence-electron chi connectivity index (χ0n) is 18.5. The molecule has 0 atom stereocenters. The first kappa shape index (κ1) is 23.1. The van der Waals surface area contributed by atoms with Gasteiger partial charge in [-0.3, -0.25) is 4.79 Å². The van der Waals surface area contributed by atoms with Gasteiger partial charge in [-0.25, -0.2) is 5.43 Å². The summed E-state index contributed by atoms with van der Waals surface area (Å²) < 4.78 is 11.5. The van der Waals surface area contributed by atoms with Crippen molar-refractivity contribution in [2.45, 2.75) is 32.6 Å². The molecule has 0 aromatic heterocycles. The quantitative estimate of drug-likeness (QED) is 0.223. The molecular formula is C27H30N2O3. The second-order valence-corrected chi connectivity index (χ2v) is 7.42. The molecule has 0 radical (unpaired) electrons. The fourth-order valence-corrected chi connectivity index (χ4v) is 3.17. The van der Waals surface area contributed by atoms with Gasteiger partial charge in [-0.2, -0.15) is 5.10 Å². The number of carbonyl (C=O) groups excluding carboxylic acids is 1. The van der Waals surface area contributed by atoms with Crippen molar-refractivity contribution in [2.75, 3.05) is 13.2 Å². The Morgan fingerprint density at radius 2 is 1.62 bits per heavy atom. The number of ether oxygens (including phenoxy) is 2. The Morgan fingerprint density at radius 3 is 2.41 bits per heavy atom. The maximum atomic E-state index is 12.1. The van der Waals surface area contributed by atoms with Gasteiger partial charge in [0.25, 0.3) is 5.91 Å². The summed E-state index contributed by atoms with van der Waals surface area (Å²) in [6.45, 7) is 2.81. The van der Waals surface area contributed by atoms with E-state index in [4.69, 9.17) is 9.47 Å². The number of benzene rings is 3. The number of nitrogens with zero attached hydrogens (tertiary/aromatic N) is 1. The highest BCUT2D eigenvalue weighted by atomic mass is 16.5. The second-order valence-electron chi connectivity index (χ2n) is 7.42. The van der Waals surface area contributed by atoms with E-state index in [9.17, 15) is 4.79 Å². The van der Waals surface area contributed by atoms with Gasteiger partial charge in [-0.15, -0.1) is 0 Å². The third-order valence-electron chi connectivity index (χ3n) is 4.88. The Balaban J connectivity index is 1.44. The van der Waals surface area contributed by atoms with Gasteiger partial charge in [-0.1, -0.05) is 74.7 Å². The molecule has 0 saturated carbocycles. The van der Waals surface area contributed by atoms with Crippen LogP contribution in [0.25, 0.3) is 11.1 Å². The van der Waals surface area contributed by atoms with E-state index in [0.29, 0.717) is 5.75 Å². The standard InChI is InChI=1S/C27H30N2O3/c1-2-3-4-10-19-31-24-17-15-22(16-18-24)20-28-29-27(30)21-32-26-14-9-8-13-25(26)23-11-6-5-7-12-23/h5-9,11-18,20H,2-4,10,19,21H2,1H3,(H,29,30)/b28-20-. The summed E-state index contributed by atoms with van der Waals surface area (Å²) >= 11 is 0. The van der Waals surface area contributed by atoms with Crippen molar-refractivity contribution < 1.29 is 14.3 Å². The summed E-state index contributed by atoms with van der Waals surface area (Å²) in [5.41, 5.74) is 5.36. The first-order valence-electron chi connectivity index (χ1n) is 11.1. The van der Waals surface area contributed by atoms with E-state index in [1.54, 1.807) is 6.21 Å². The summed E-state index contributed by atoms with van der Waals surface area (Å²) in [7, 11) is 0. The van der Waals surface area contributed by atoms with Gasteiger partial charge in [-0.05, 0) is 47.9 Å². The van der Waals surface area contributed by atoms with Crippen LogP contribution in [0.5, 0.6) is 11.5 Å². The molecular weight excluding hydrogens is 400 g/mol. The molecule has 0 aliphatic carbocycles. The number of unbranched alkanes of at least 4 members (excludes halogenated alkanes) is 3. The van der Waals surface area contributed by atoms with Crippen molar-refractivity contribution in [3.8, 4) is 22.6 Å². The van der Waals surface area contributed by atoms with Crippen molar-refractivity contribution in [3.63, 3.8) is 0 Å². The first-order chi connectivity index (χ1) is 15.8. The van der Waals surface area contributed by atoms with Crippen molar-refractivity contribution in [1.29, 1.82) is 0 Å².